The third kappa shape index (κ3) is 3.36. The summed E-state index contributed by atoms with van der Waals surface area (Å²) in [5.41, 5.74) is 1.26. The first-order valence-electron chi connectivity index (χ1n) is 7.88. The maximum Gasteiger partial charge on any atom is 0.270 e. The van der Waals surface area contributed by atoms with E-state index in [0.717, 1.165) is 49.2 Å². The molecule has 1 aromatic heterocycles. The molecule has 1 N–H and O–H groups in total. The van der Waals surface area contributed by atoms with Crippen molar-refractivity contribution in [1.29, 1.82) is 0 Å². The smallest absolute Gasteiger partial charge is 0.270 e. The van der Waals surface area contributed by atoms with E-state index in [1.807, 2.05) is 17.2 Å². The second-order valence-corrected chi connectivity index (χ2v) is 7.68. The van der Waals surface area contributed by atoms with Crippen molar-refractivity contribution in [2.24, 2.45) is 5.41 Å². The molecule has 0 saturated carbocycles. The molecule has 0 radical (unpaired) electrons. The monoisotopic (exact) mass is 389 g/mol. The van der Waals surface area contributed by atoms with E-state index >= 15 is 0 Å². The normalized spacial score (nSPS) is 20.5. The van der Waals surface area contributed by atoms with Crippen LogP contribution in [0.5, 0.6) is 0 Å². The number of hydrogen-bond donors (Lipinski definition) is 1. The minimum Gasteiger partial charge on any atom is -0.340 e. The van der Waals surface area contributed by atoms with E-state index in [1.165, 1.54) is 6.42 Å². The maximum absolute atomic E-state index is 12.8. The fourth-order valence-electron chi connectivity index (χ4n) is 3.61. The van der Waals surface area contributed by atoms with Gasteiger partial charge in [0, 0.05) is 36.3 Å². The molecule has 0 aliphatic carbocycles. The van der Waals surface area contributed by atoms with Gasteiger partial charge in [-0.25, -0.2) is 0 Å². The summed E-state index contributed by atoms with van der Waals surface area (Å²) < 4.78 is 3.04. The predicted octanol–water partition coefficient (Wildman–Crippen LogP) is 3.47. The number of nitrogens with zero attached hydrogens (tertiary/aromatic N) is 2. The van der Waals surface area contributed by atoms with E-state index in [0.29, 0.717) is 11.5 Å². The Bertz CT molecular complexity index is 527. The third-order valence-electron chi connectivity index (χ3n) is 5.03. The second kappa shape index (κ2) is 6.93. The average Bonchev–Trinajstić information content (AvgIpc) is 3.06. The van der Waals surface area contributed by atoms with Crippen LogP contribution in [0.25, 0.3) is 0 Å². The Hall–Kier alpha value is -0.520. The van der Waals surface area contributed by atoms with E-state index < -0.39 is 0 Å². The van der Waals surface area contributed by atoms with Gasteiger partial charge < -0.3 is 14.8 Å². The van der Waals surface area contributed by atoms with Crippen molar-refractivity contribution in [3.05, 3.63) is 22.4 Å². The van der Waals surface area contributed by atoms with Gasteiger partial charge in [-0.1, -0.05) is 0 Å². The van der Waals surface area contributed by atoms with Crippen molar-refractivity contribution in [3.8, 4) is 0 Å². The van der Waals surface area contributed by atoms with Crippen LogP contribution in [0, 0.1) is 5.41 Å². The number of likely N-dealkylation sites (tertiary alicyclic amines) is 1. The highest BCUT2D eigenvalue weighted by atomic mass is 79.9. The Balaban J connectivity index is 0.00000176. The number of carbonyl (C=O) groups excluding carboxylic acids is 1. The lowest BCUT2D eigenvalue weighted by Crippen LogP contribution is -2.44. The third-order valence-corrected chi connectivity index (χ3v) is 5.47. The van der Waals surface area contributed by atoms with Gasteiger partial charge in [0.1, 0.15) is 5.69 Å². The van der Waals surface area contributed by atoms with Gasteiger partial charge in [0.05, 0.1) is 0 Å². The van der Waals surface area contributed by atoms with E-state index in [2.05, 4.69) is 39.7 Å². The number of hydrogen-bond acceptors (Lipinski definition) is 2. The predicted molar refractivity (Wildman–Crippen MR) is 94.8 cm³/mol. The summed E-state index contributed by atoms with van der Waals surface area (Å²) in [6.07, 6.45) is 5.54. The van der Waals surface area contributed by atoms with Crippen LogP contribution < -0.4 is 5.32 Å². The summed E-state index contributed by atoms with van der Waals surface area (Å²) >= 11 is 3.49. The van der Waals surface area contributed by atoms with Crippen LogP contribution in [0.1, 0.15) is 49.6 Å². The van der Waals surface area contributed by atoms with Crippen molar-refractivity contribution in [1.82, 2.24) is 14.8 Å². The van der Waals surface area contributed by atoms with Crippen LogP contribution >= 0.6 is 28.3 Å². The Morgan fingerprint density at radius 3 is 2.55 bits per heavy atom. The van der Waals surface area contributed by atoms with Gasteiger partial charge in [0.15, 0.2) is 0 Å². The molecule has 2 aliphatic heterocycles. The van der Waals surface area contributed by atoms with Crippen LogP contribution in [-0.4, -0.2) is 41.6 Å². The Kier molecular flexibility index (Phi) is 5.62. The van der Waals surface area contributed by atoms with Gasteiger partial charge in [0.2, 0.25) is 0 Å². The van der Waals surface area contributed by atoms with Gasteiger partial charge in [0.25, 0.3) is 5.91 Å². The molecule has 124 valence electrons. The molecule has 0 unspecified atom stereocenters. The largest absolute Gasteiger partial charge is 0.340 e. The highest BCUT2D eigenvalue weighted by Crippen LogP contribution is 2.37. The lowest BCUT2D eigenvalue weighted by Gasteiger charge is -2.39. The van der Waals surface area contributed by atoms with Gasteiger partial charge in [-0.15, -0.1) is 12.4 Å². The first kappa shape index (κ1) is 17.8. The van der Waals surface area contributed by atoms with Crippen molar-refractivity contribution in [2.45, 2.75) is 39.2 Å². The standard InChI is InChI=1S/C16H24BrN3O.ClH/c1-12(2)20-10-13(17)9-14(20)15(21)19-7-4-16(5-8-19)3-6-18-11-16;/h9-10,12,18H,3-8,11H2,1-2H3;1H. The summed E-state index contributed by atoms with van der Waals surface area (Å²) in [4.78, 5) is 14.8. The lowest BCUT2D eigenvalue weighted by molar-refractivity contribution is 0.0595. The van der Waals surface area contributed by atoms with E-state index in [1.54, 1.807) is 0 Å². The molecule has 0 bridgehead atoms. The zero-order chi connectivity index (χ0) is 15.0. The summed E-state index contributed by atoms with van der Waals surface area (Å²) in [7, 11) is 0. The molecule has 3 heterocycles. The summed E-state index contributed by atoms with van der Waals surface area (Å²) in [5, 5.41) is 3.47. The molecule has 0 atom stereocenters. The highest BCUT2D eigenvalue weighted by molar-refractivity contribution is 9.10. The number of rotatable bonds is 2. The van der Waals surface area contributed by atoms with Crippen LogP contribution in [0.4, 0.5) is 0 Å². The maximum atomic E-state index is 12.8. The van der Waals surface area contributed by atoms with Gasteiger partial charge >= 0.3 is 0 Å². The van der Waals surface area contributed by atoms with Gasteiger partial charge in [-0.05, 0) is 67.1 Å². The fraction of sp³-hybridized carbons (Fsp3) is 0.688. The number of carbonyl (C=O) groups is 1. The number of halogens is 2. The molecule has 1 aromatic rings. The van der Waals surface area contributed by atoms with Crippen LogP contribution in [-0.2, 0) is 0 Å². The van der Waals surface area contributed by atoms with Crippen LogP contribution in [0.15, 0.2) is 16.7 Å². The summed E-state index contributed by atoms with van der Waals surface area (Å²) in [6.45, 7) is 8.26. The molecule has 4 nitrogen and oxygen atoms in total. The fourth-order valence-corrected chi connectivity index (χ4v) is 4.05. The molecule has 2 saturated heterocycles. The average molecular weight is 391 g/mol. The Labute approximate surface area is 147 Å². The van der Waals surface area contributed by atoms with E-state index in [4.69, 9.17) is 0 Å². The van der Waals surface area contributed by atoms with Crippen LogP contribution in [0.3, 0.4) is 0 Å². The lowest BCUT2D eigenvalue weighted by atomic mass is 9.78. The van der Waals surface area contributed by atoms with Crippen LogP contribution in [0.2, 0.25) is 0 Å². The minimum absolute atomic E-state index is 0. The molecule has 22 heavy (non-hydrogen) atoms. The molecule has 6 heteroatoms. The van der Waals surface area contributed by atoms with Crippen molar-refractivity contribution < 1.29 is 4.79 Å². The van der Waals surface area contributed by atoms with Crippen molar-refractivity contribution in [3.63, 3.8) is 0 Å². The number of amides is 1. The van der Waals surface area contributed by atoms with E-state index in [9.17, 15) is 4.79 Å². The molecular weight excluding hydrogens is 366 g/mol. The molecule has 0 aromatic carbocycles. The molecule has 3 rings (SSSR count). The zero-order valence-corrected chi connectivity index (χ0v) is 15.7. The van der Waals surface area contributed by atoms with Gasteiger partial charge in [-0.3, -0.25) is 4.79 Å². The Morgan fingerprint density at radius 1 is 1.32 bits per heavy atom. The molecular formula is C16H25BrClN3O. The minimum atomic E-state index is 0. The Morgan fingerprint density at radius 2 is 2.00 bits per heavy atom. The van der Waals surface area contributed by atoms with E-state index in [-0.39, 0.29) is 18.3 Å². The SMILES string of the molecule is CC(C)n1cc(Br)cc1C(=O)N1CCC2(CCNC2)CC1.Cl. The quantitative estimate of drug-likeness (QED) is 0.839. The molecule has 2 fully saturated rings. The molecule has 1 spiro atoms. The number of nitrogens with one attached hydrogen (secondary N) is 1. The first-order valence-corrected chi connectivity index (χ1v) is 8.67. The molecule has 2 aliphatic rings. The van der Waals surface area contributed by atoms with Crippen molar-refractivity contribution >= 4 is 34.2 Å². The summed E-state index contributed by atoms with van der Waals surface area (Å²) in [6, 6.07) is 2.24. The topological polar surface area (TPSA) is 37.3 Å². The highest BCUT2D eigenvalue weighted by Gasteiger charge is 2.38. The second-order valence-electron chi connectivity index (χ2n) is 6.76. The molecule has 1 amide bonds. The van der Waals surface area contributed by atoms with Gasteiger partial charge in [-0.2, -0.15) is 0 Å². The number of aromatic nitrogens is 1. The zero-order valence-electron chi connectivity index (χ0n) is 13.3. The van der Waals surface area contributed by atoms with Crippen molar-refractivity contribution in [2.75, 3.05) is 26.2 Å². The summed E-state index contributed by atoms with van der Waals surface area (Å²) in [5.74, 6) is 0.176. The number of piperidine rings is 1. The first-order chi connectivity index (χ1) is 10.0.